The van der Waals surface area contributed by atoms with Crippen molar-refractivity contribution in [2.75, 3.05) is 13.1 Å². The van der Waals surface area contributed by atoms with Gasteiger partial charge in [-0.1, -0.05) is 25.0 Å². The van der Waals surface area contributed by atoms with Gasteiger partial charge in [0.05, 0.1) is 0 Å². The van der Waals surface area contributed by atoms with E-state index >= 15 is 0 Å². The maximum absolute atomic E-state index is 4.22. The second-order valence-corrected chi connectivity index (χ2v) is 8.10. The van der Waals surface area contributed by atoms with Crippen LogP contribution in [0.4, 0.5) is 0 Å². The van der Waals surface area contributed by atoms with Gasteiger partial charge in [0.15, 0.2) is 0 Å². The summed E-state index contributed by atoms with van der Waals surface area (Å²) in [5.41, 5.74) is 7.29. The largest absolute Gasteiger partial charge is 0.347 e. The Hall–Kier alpha value is -2.13. The summed E-state index contributed by atoms with van der Waals surface area (Å²) in [4.78, 5) is 4.22. The number of aryl methyl sites for hydroxylation is 2. The van der Waals surface area contributed by atoms with Gasteiger partial charge in [-0.25, -0.2) is 0 Å². The zero-order chi connectivity index (χ0) is 18.8. The number of pyridine rings is 1. The number of nitrogens with zero attached hydrogens (tertiary/aromatic N) is 2. The molecule has 1 N–H and O–H groups in total. The zero-order valence-corrected chi connectivity index (χ0v) is 16.8. The normalized spacial score (nSPS) is 18.3. The first-order chi connectivity index (χ1) is 13.2. The molecule has 1 aliphatic heterocycles. The molecule has 0 radical (unpaired) electrons. The van der Waals surface area contributed by atoms with Gasteiger partial charge in [0.2, 0.25) is 0 Å². The van der Waals surface area contributed by atoms with Crippen LogP contribution in [0.25, 0.3) is 10.9 Å². The molecule has 1 aromatic carbocycles. The Morgan fingerprint density at radius 1 is 1.22 bits per heavy atom. The van der Waals surface area contributed by atoms with Crippen molar-refractivity contribution in [3.05, 3.63) is 65.1 Å². The molecule has 1 aliphatic rings. The summed E-state index contributed by atoms with van der Waals surface area (Å²) in [5.74, 6) is 1.14. The minimum absolute atomic E-state index is 0.546. The second kappa shape index (κ2) is 7.85. The van der Waals surface area contributed by atoms with E-state index in [2.05, 4.69) is 66.1 Å². The molecule has 0 saturated heterocycles. The molecular formula is C24H31N3. The van der Waals surface area contributed by atoms with Crippen LogP contribution in [0.1, 0.15) is 60.4 Å². The van der Waals surface area contributed by atoms with Crippen molar-refractivity contribution in [3.63, 3.8) is 0 Å². The lowest BCUT2D eigenvalue weighted by Gasteiger charge is -2.24. The molecule has 2 aromatic heterocycles. The lowest BCUT2D eigenvalue weighted by molar-refractivity contribution is 0.470. The topological polar surface area (TPSA) is 29.9 Å². The summed E-state index contributed by atoms with van der Waals surface area (Å²) >= 11 is 0. The highest BCUT2D eigenvalue weighted by atomic mass is 15.0. The van der Waals surface area contributed by atoms with Gasteiger partial charge in [0.1, 0.15) is 0 Å². The van der Waals surface area contributed by atoms with Crippen LogP contribution in [-0.4, -0.2) is 22.6 Å². The zero-order valence-electron chi connectivity index (χ0n) is 16.8. The molecule has 142 valence electrons. The summed E-state index contributed by atoms with van der Waals surface area (Å²) < 4.78 is 2.47. The number of aromatic nitrogens is 2. The number of fused-ring (bicyclic) bond motifs is 3. The molecule has 0 spiro atoms. The van der Waals surface area contributed by atoms with Crippen molar-refractivity contribution >= 4 is 10.9 Å². The summed E-state index contributed by atoms with van der Waals surface area (Å²) in [7, 11) is 2.26. The van der Waals surface area contributed by atoms with E-state index in [1.54, 1.807) is 11.3 Å². The number of hydrogen-bond donors (Lipinski definition) is 1. The summed E-state index contributed by atoms with van der Waals surface area (Å²) in [6.45, 7) is 6.64. The fraction of sp³-hybridized carbons (Fsp3) is 0.458. The third kappa shape index (κ3) is 3.53. The van der Waals surface area contributed by atoms with Gasteiger partial charge < -0.3 is 9.88 Å². The van der Waals surface area contributed by atoms with E-state index in [1.165, 1.54) is 41.3 Å². The Morgan fingerprint density at radius 3 is 2.81 bits per heavy atom. The van der Waals surface area contributed by atoms with Crippen LogP contribution in [-0.2, 0) is 13.5 Å². The predicted molar refractivity (Wildman–Crippen MR) is 113 cm³/mol. The molecule has 2 unspecified atom stereocenters. The van der Waals surface area contributed by atoms with Crippen molar-refractivity contribution in [2.24, 2.45) is 7.05 Å². The third-order valence-corrected chi connectivity index (χ3v) is 6.22. The van der Waals surface area contributed by atoms with Gasteiger partial charge in [-0.15, -0.1) is 0 Å². The van der Waals surface area contributed by atoms with Crippen LogP contribution in [0.3, 0.4) is 0 Å². The van der Waals surface area contributed by atoms with E-state index < -0.39 is 0 Å². The van der Waals surface area contributed by atoms with E-state index in [0.29, 0.717) is 11.8 Å². The first-order valence-corrected chi connectivity index (χ1v) is 10.4. The van der Waals surface area contributed by atoms with Crippen LogP contribution >= 0.6 is 0 Å². The minimum atomic E-state index is 0.546. The Kier molecular flexibility index (Phi) is 5.31. The molecule has 3 aromatic rings. The van der Waals surface area contributed by atoms with Crippen LogP contribution in [0.2, 0.25) is 0 Å². The molecule has 3 nitrogen and oxygen atoms in total. The predicted octanol–water partition coefficient (Wildman–Crippen LogP) is 5.09. The number of benzene rings is 1. The van der Waals surface area contributed by atoms with E-state index in [4.69, 9.17) is 0 Å². The van der Waals surface area contributed by atoms with Crippen LogP contribution in [0.5, 0.6) is 0 Å². The standard InChI is InChI=1S/C24H31N3/c1-4-5-19(18-8-11-25-12-9-18)15-20-16-26-13-10-21-22-14-17(2)6-7-23(22)27(3)24(20)21/h6-9,11-12,14,19-20,26H,4-5,10,13,15-16H2,1-3H3. The maximum atomic E-state index is 4.22. The monoisotopic (exact) mass is 361 g/mol. The fourth-order valence-corrected chi connectivity index (χ4v) is 4.97. The molecule has 3 heteroatoms. The number of hydrogen-bond acceptors (Lipinski definition) is 2. The minimum Gasteiger partial charge on any atom is -0.347 e. The Morgan fingerprint density at radius 2 is 2.04 bits per heavy atom. The van der Waals surface area contributed by atoms with Crippen LogP contribution in [0, 0.1) is 6.92 Å². The van der Waals surface area contributed by atoms with E-state index in [0.717, 1.165) is 19.5 Å². The first-order valence-electron chi connectivity index (χ1n) is 10.4. The maximum Gasteiger partial charge on any atom is 0.0483 e. The molecule has 2 atom stereocenters. The molecule has 0 amide bonds. The molecule has 0 bridgehead atoms. The summed E-state index contributed by atoms with van der Waals surface area (Å²) in [6.07, 6.45) is 8.65. The van der Waals surface area contributed by atoms with E-state index in [1.807, 2.05) is 12.4 Å². The Bertz CT molecular complexity index is 910. The summed E-state index contributed by atoms with van der Waals surface area (Å²) in [6, 6.07) is 11.3. The highest BCUT2D eigenvalue weighted by molar-refractivity contribution is 5.86. The quantitative estimate of drug-likeness (QED) is 0.686. The third-order valence-electron chi connectivity index (χ3n) is 6.22. The van der Waals surface area contributed by atoms with Gasteiger partial charge in [-0.2, -0.15) is 0 Å². The SMILES string of the molecule is CCCC(CC1CNCCc2c1n(C)c1ccc(C)cc21)c1ccncc1. The van der Waals surface area contributed by atoms with Gasteiger partial charge in [0.25, 0.3) is 0 Å². The van der Waals surface area contributed by atoms with Crippen molar-refractivity contribution < 1.29 is 0 Å². The molecule has 3 heterocycles. The average Bonchev–Trinajstić information content (AvgIpc) is 2.82. The Balaban J connectivity index is 1.75. The van der Waals surface area contributed by atoms with Gasteiger partial charge in [-0.05, 0) is 74.0 Å². The first kappa shape index (κ1) is 18.2. The number of rotatable bonds is 5. The highest BCUT2D eigenvalue weighted by Gasteiger charge is 2.27. The molecular weight excluding hydrogens is 330 g/mol. The lowest BCUT2D eigenvalue weighted by Crippen LogP contribution is -2.23. The van der Waals surface area contributed by atoms with Crippen molar-refractivity contribution in [1.82, 2.24) is 14.9 Å². The van der Waals surface area contributed by atoms with Crippen LogP contribution in [0.15, 0.2) is 42.7 Å². The van der Waals surface area contributed by atoms with Crippen LogP contribution < -0.4 is 5.32 Å². The smallest absolute Gasteiger partial charge is 0.0483 e. The van der Waals surface area contributed by atoms with E-state index in [9.17, 15) is 0 Å². The lowest BCUT2D eigenvalue weighted by atomic mass is 9.84. The van der Waals surface area contributed by atoms with Gasteiger partial charge in [-0.3, -0.25) is 4.98 Å². The molecule has 0 fully saturated rings. The molecule has 0 aliphatic carbocycles. The fourth-order valence-electron chi connectivity index (χ4n) is 4.97. The molecule has 0 saturated carbocycles. The van der Waals surface area contributed by atoms with Crippen molar-refractivity contribution in [2.45, 2.75) is 51.4 Å². The molecule has 27 heavy (non-hydrogen) atoms. The second-order valence-electron chi connectivity index (χ2n) is 8.10. The van der Waals surface area contributed by atoms with Gasteiger partial charge >= 0.3 is 0 Å². The Labute approximate surface area is 162 Å². The average molecular weight is 362 g/mol. The number of nitrogens with one attached hydrogen (secondary N) is 1. The molecule has 4 rings (SSSR count). The summed E-state index contributed by atoms with van der Waals surface area (Å²) in [5, 5.41) is 5.17. The van der Waals surface area contributed by atoms with Crippen molar-refractivity contribution in [1.29, 1.82) is 0 Å². The van der Waals surface area contributed by atoms with E-state index in [-0.39, 0.29) is 0 Å². The van der Waals surface area contributed by atoms with Gasteiger partial charge in [0, 0.05) is 48.5 Å². The van der Waals surface area contributed by atoms with Crippen molar-refractivity contribution in [3.8, 4) is 0 Å². The highest BCUT2D eigenvalue weighted by Crippen LogP contribution is 2.38.